The SMILES string of the molecule is CCC(C)(C)c1ccc(C(=O)c2cc(Br)cc(Br)c2)cc1. The summed E-state index contributed by atoms with van der Waals surface area (Å²) in [6, 6.07) is 13.6. The molecule has 0 aromatic heterocycles. The Morgan fingerprint density at radius 3 is 1.95 bits per heavy atom. The molecule has 2 rings (SSSR count). The average Bonchev–Trinajstić information content (AvgIpc) is 2.45. The lowest BCUT2D eigenvalue weighted by Gasteiger charge is -2.23. The first kappa shape index (κ1) is 16.4. The summed E-state index contributed by atoms with van der Waals surface area (Å²) in [6.07, 6.45) is 1.07. The molecule has 1 nitrogen and oxygen atoms in total. The maximum atomic E-state index is 12.5. The summed E-state index contributed by atoms with van der Waals surface area (Å²) in [5.41, 5.74) is 2.80. The van der Waals surface area contributed by atoms with Gasteiger partial charge in [-0.1, -0.05) is 76.9 Å². The fraction of sp³-hybridized carbons (Fsp3) is 0.278. The number of hydrogen-bond acceptors (Lipinski definition) is 1. The molecule has 0 saturated carbocycles. The van der Waals surface area contributed by atoms with Crippen molar-refractivity contribution in [3.05, 3.63) is 68.1 Å². The van der Waals surface area contributed by atoms with E-state index in [0.717, 1.165) is 20.9 Å². The third-order valence-corrected chi connectivity index (χ3v) is 4.85. The van der Waals surface area contributed by atoms with Crippen molar-refractivity contribution < 1.29 is 4.79 Å². The number of carbonyl (C=O) groups excluding carboxylic acids is 1. The van der Waals surface area contributed by atoms with Crippen molar-refractivity contribution in [2.75, 3.05) is 0 Å². The van der Waals surface area contributed by atoms with E-state index in [-0.39, 0.29) is 11.2 Å². The Morgan fingerprint density at radius 2 is 1.48 bits per heavy atom. The first-order valence-corrected chi connectivity index (χ1v) is 8.53. The van der Waals surface area contributed by atoms with Crippen LogP contribution in [0.1, 0.15) is 48.7 Å². The second-order valence-corrected chi connectivity index (χ2v) is 7.63. The van der Waals surface area contributed by atoms with Gasteiger partial charge >= 0.3 is 0 Å². The third kappa shape index (κ3) is 3.83. The predicted molar refractivity (Wildman–Crippen MR) is 95.0 cm³/mol. The van der Waals surface area contributed by atoms with Crippen LogP contribution in [0.2, 0.25) is 0 Å². The zero-order valence-corrected chi connectivity index (χ0v) is 15.6. The zero-order chi connectivity index (χ0) is 15.6. The summed E-state index contributed by atoms with van der Waals surface area (Å²) in [4.78, 5) is 12.5. The normalized spacial score (nSPS) is 11.5. The molecular weight excluding hydrogens is 392 g/mol. The van der Waals surface area contributed by atoms with E-state index >= 15 is 0 Å². The molecule has 110 valence electrons. The maximum absolute atomic E-state index is 12.5. The van der Waals surface area contributed by atoms with Crippen molar-refractivity contribution in [3.8, 4) is 0 Å². The van der Waals surface area contributed by atoms with Crippen LogP contribution in [0.5, 0.6) is 0 Å². The van der Waals surface area contributed by atoms with Crippen LogP contribution in [-0.2, 0) is 5.41 Å². The molecule has 0 atom stereocenters. The largest absolute Gasteiger partial charge is 0.289 e. The summed E-state index contributed by atoms with van der Waals surface area (Å²) in [5.74, 6) is 0.0397. The number of hydrogen-bond donors (Lipinski definition) is 0. The van der Waals surface area contributed by atoms with Gasteiger partial charge in [0, 0.05) is 20.1 Å². The van der Waals surface area contributed by atoms with Gasteiger partial charge in [-0.25, -0.2) is 0 Å². The second-order valence-electron chi connectivity index (χ2n) is 5.80. The van der Waals surface area contributed by atoms with Crippen molar-refractivity contribution in [2.45, 2.75) is 32.6 Å². The van der Waals surface area contributed by atoms with E-state index in [2.05, 4.69) is 64.8 Å². The number of benzene rings is 2. The molecule has 0 heterocycles. The average molecular weight is 410 g/mol. The van der Waals surface area contributed by atoms with E-state index in [1.807, 2.05) is 30.3 Å². The molecular formula is C18H18Br2O. The molecule has 0 spiro atoms. The molecule has 0 N–H and O–H groups in total. The lowest BCUT2D eigenvalue weighted by molar-refractivity contribution is 0.103. The molecule has 0 aliphatic heterocycles. The fourth-order valence-corrected chi connectivity index (χ4v) is 3.42. The Morgan fingerprint density at radius 1 is 0.952 bits per heavy atom. The molecule has 0 aliphatic carbocycles. The van der Waals surface area contributed by atoms with Gasteiger partial charge in [0.05, 0.1) is 0 Å². The Kier molecular flexibility index (Phi) is 5.05. The number of halogens is 2. The van der Waals surface area contributed by atoms with Crippen molar-refractivity contribution in [2.24, 2.45) is 0 Å². The molecule has 0 bridgehead atoms. The maximum Gasteiger partial charge on any atom is 0.193 e. The summed E-state index contributed by atoms with van der Waals surface area (Å²) >= 11 is 6.84. The van der Waals surface area contributed by atoms with Gasteiger partial charge in [-0.05, 0) is 35.6 Å². The van der Waals surface area contributed by atoms with Crippen LogP contribution in [0.3, 0.4) is 0 Å². The minimum Gasteiger partial charge on any atom is -0.289 e. The summed E-state index contributed by atoms with van der Waals surface area (Å²) in [6.45, 7) is 6.61. The van der Waals surface area contributed by atoms with Crippen LogP contribution < -0.4 is 0 Å². The van der Waals surface area contributed by atoms with Crippen LogP contribution in [0, 0.1) is 0 Å². The van der Waals surface area contributed by atoms with Crippen LogP contribution in [0.4, 0.5) is 0 Å². The van der Waals surface area contributed by atoms with Gasteiger partial charge < -0.3 is 0 Å². The number of carbonyl (C=O) groups is 1. The van der Waals surface area contributed by atoms with Crippen molar-refractivity contribution in [1.29, 1.82) is 0 Å². The first-order chi connectivity index (χ1) is 9.83. The minimum atomic E-state index is 0.0397. The highest BCUT2D eigenvalue weighted by molar-refractivity contribution is 9.11. The van der Waals surface area contributed by atoms with Gasteiger partial charge in [0.15, 0.2) is 5.78 Å². The summed E-state index contributed by atoms with van der Waals surface area (Å²) in [7, 11) is 0. The zero-order valence-electron chi connectivity index (χ0n) is 12.4. The third-order valence-electron chi connectivity index (χ3n) is 3.94. The van der Waals surface area contributed by atoms with Gasteiger partial charge in [0.25, 0.3) is 0 Å². The molecule has 0 amide bonds. The van der Waals surface area contributed by atoms with Gasteiger partial charge in [0.1, 0.15) is 0 Å². The highest BCUT2D eigenvalue weighted by Crippen LogP contribution is 2.27. The van der Waals surface area contributed by atoms with Crippen LogP contribution in [0.15, 0.2) is 51.4 Å². The predicted octanol–water partition coefficient (Wildman–Crippen LogP) is 6.13. The van der Waals surface area contributed by atoms with E-state index in [1.54, 1.807) is 0 Å². The van der Waals surface area contributed by atoms with Gasteiger partial charge in [-0.2, -0.15) is 0 Å². The summed E-state index contributed by atoms with van der Waals surface area (Å²) < 4.78 is 1.79. The minimum absolute atomic E-state index is 0.0397. The highest BCUT2D eigenvalue weighted by atomic mass is 79.9. The molecule has 2 aromatic rings. The van der Waals surface area contributed by atoms with E-state index in [0.29, 0.717) is 5.56 Å². The Hall–Kier alpha value is -0.930. The Labute approximate surface area is 143 Å². The lowest BCUT2D eigenvalue weighted by Crippen LogP contribution is -2.15. The summed E-state index contributed by atoms with van der Waals surface area (Å²) in [5, 5.41) is 0. The van der Waals surface area contributed by atoms with Gasteiger partial charge in [0.2, 0.25) is 0 Å². The number of ketones is 1. The van der Waals surface area contributed by atoms with Crippen LogP contribution >= 0.6 is 31.9 Å². The lowest BCUT2D eigenvalue weighted by atomic mass is 9.82. The topological polar surface area (TPSA) is 17.1 Å². The molecule has 21 heavy (non-hydrogen) atoms. The van der Waals surface area contributed by atoms with Crippen molar-refractivity contribution in [3.63, 3.8) is 0 Å². The molecule has 0 fully saturated rings. The van der Waals surface area contributed by atoms with Gasteiger partial charge in [-0.3, -0.25) is 4.79 Å². The van der Waals surface area contributed by atoms with E-state index in [9.17, 15) is 4.79 Å². The molecule has 0 saturated heterocycles. The van der Waals surface area contributed by atoms with Crippen molar-refractivity contribution in [1.82, 2.24) is 0 Å². The Balaban J connectivity index is 2.32. The second kappa shape index (κ2) is 6.45. The smallest absolute Gasteiger partial charge is 0.193 e. The Bertz CT molecular complexity index is 637. The van der Waals surface area contributed by atoms with E-state index in [1.165, 1.54) is 5.56 Å². The van der Waals surface area contributed by atoms with E-state index in [4.69, 9.17) is 0 Å². The molecule has 2 aromatic carbocycles. The standard InChI is InChI=1S/C18H18Br2O/c1-4-18(2,3)14-7-5-12(6-8-14)17(21)13-9-15(19)11-16(20)10-13/h5-11H,4H2,1-3H3. The molecule has 0 radical (unpaired) electrons. The highest BCUT2D eigenvalue weighted by Gasteiger charge is 2.18. The molecule has 0 aliphatic rings. The monoisotopic (exact) mass is 408 g/mol. The number of rotatable bonds is 4. The quantitative estimate of drug-likeness (QED) is 0.555. The van der Waals surface area contributed by atoms with Gasteiger partial charge in [-0.15, -0.1) is 0 Å². The van der Waals surface area contributed by atoms with Crippen LogP contribution in [-0.4, -0.2) is 5.78 Å². The molecule has 0 unspecified atom stereocenters. The molecule has 3 heteroatoms. The van der Waals surface area contributed by atoms with E-state index < -0.39 is 0 Å². The first-order valence-electron chi connectivity index (χ1n) is 6.95. The van der Waals surface area contributed by atoms with Crippen LogP contribution in [0.25, 0.3) is 0 Å². The van der Waals surface area contributed by atoms with Crippen molar-refractivity contribution >= 4 is 37.6 Å². The fourth-order valence-electron chi connectivity index (χ4n) is 2.13.